The quantitative estimate of drug-likeness (QED) is 0.888. The summed E-state index contributed by atoms with van der Waals surface area (Å²) < 4.78 is 26.3. The number of aliphatic hydroxyl groups excluding tert-OH is 1. The van der Waals surface area contributed by atoms with Crippen LogP contribution in [-0.2, 0) is 10.0 Å². The first-order chi connectivity index (χ1) is 8.46. The third-order valence-electron chi connectivity index (χ3n) is 3.23. The highest BCUT2D eigenvalue weighted by molar-refractivity contribution is 7.89. The summed E-state index contributed by atoms with van der Waals surface area (Å²) in [7, 11) is -3.38. The van der Waals surface area contributed by atoms with Crippen molar-refractivity contribution in [3.63, 3.8) is 0 Å². The van der Waals surface area contributed by atoms with Gasteiger partial charge in [0.15, 0.2) is 0 Å². The molecular formula is C13H19NO3S. The van der Waals surface area contributed by atoms with Crippen LogP contribution in [0.25, 0.3) is 0 Å². The number of benzene rings is 1. The van der Waals surface area contributed by atoms with Crippen molar-refractivity contribution in [3.8, 4) is 0 Å². The van der Waals surface area contributed by atoms with E-state index in [2.05, 4.69) is 0 Å². The zero-order chi connectivity index (χ0) is 13.3. The molecule has 0 aromatic heterocycles. The minimum atomic E-state index is -3.38. The maximum Gasteiger partial charge on any atom is 0.243 e. The predicted molar refractivity (Wildman–Crippen MR) is 69.7 cm³/mol. The maximum absolute atomic E-state index is 12.4. The molecule has 0 bridgehead atoms. The predicted octanol–water partition coefficient (Wildman–Crippen LogP) is 1.91. The maximum atomic E-state index is 12.4. The zero-order valence-electron chi connectivity index (χ0n) is 10.7. The Balaban J connectivity index is 2.29. The Morgan fingerprint density at radius 2 is 1.89 bits per heavy atom. The molecule has 2 rings (SSSR count). The third kappa shape index (κ3) is 2.58. The Labute approximate surface area is 108 Å². The molecule has 1 aliphatic carbocycles. The van der Waals surface area contributed by atoms with Crippen molar-refractivity contribution in [2.45, 2.75) is 43.7 Å². The van der Waals surface area contributed by atoms with E-state index in [1.54, 1.807) is 35.5 Å². The van der Waals surface area contributed by atoms with Crippen molar-refractivity contribution >= 4 is 10.0 Å². The Morgan fingerprint density at radius 3 is 2.28 bits per heavy atom. The number of hydrogen-bond acceptors (Lipinski definition) is 3. The number of hydrogen-bond donors (Lipinski definition) is 1. The van der Waals surface area contributed by atoms with E-state index >= 15 is 0 Å². The molecule has 1 aliphatic rings. The first-order valence-electron chi connectivity index (χ1n) is 6.26. The number of aliphatic hydroxyl groups is 1. The minimum Gasteiger partial charge on any atom is -0.389 e. The van der Waals surface area contributed by atoms with Gasteiger partial charge in [0.25, 0.3) is 0 Å². The van der Waals surface area contributed by atoms with Crippen LogP contribution in [0.1, 0.15) is 38.4 Å². The highest BCUT2D eigenvalue weighted by Gasteiger charge is 2.36. The Morgan fingerprint density at radius 1 is 1.33 bits per heavy atom. The van der Waals surface area contributed by atoms with Crippen LogP contribution in [0.3, 0.4) is 0 Å². The van der Waals surface area contributed by atoms with Gasteiger partial charge in [0.2, 0.25) is 10.0 Å². The van der Waals surface area contributed by atoms with Crippen molar-refractivity contribution in [2.24, 2.45) is 0 Å². The molecule has 1 aromatic carbocycles. The lowest BCUT2D eigenvalue weighted by atomic mass is 10.1. The van der Waals surface area contributed by atoms with Crippen LogP contribution in [-0.4, -0.2) is 30.4 Å². The third-order valence-corrected chi connectivity index (χ3v) is 5.28. The zero-order valence-corrected chi connectivity index (χ0v) is 11.5. The van der Waals surface area contributed by atoms with E-state index in [0.29, 0.717) is 11.4 Å². The fourth-order valence-corrected chi connectivity index (χ4v) is 3.73. The summed E-state index contributed by atoms with van der Waals surface area (Å²) in [6, 6.07) is 6.65. The normalized spacial score (nSPS) is 18.0. The molecule has 0 spiro atoms. The largest absolute Gasteiger partial charge is 0.389 e. The van der Waals surface area contributed by atoms with Gasteiger partial charge in [0.1, 0.15) is 0 Å². The summed E-state index contributed by atoms with van der Waals surface area (Å²) in [4.78, 5) is 0.306. The van der Waals surface area contributed by atoms with E-state index in [-0.39, 0.29) is 6.04 Å². The van der Waals surface area contributed by atoms with E-state index in [1.165, 1.54) is 0 Å². The molecule has 1 unspecified atom stereocenters. The van der Waals surface area contributed by atoms with Gasteiger partial charge in [-0.1, -0.05) is 19.1 Å². The van der Waals surface area contributed by atoms with Crippen LogP contribution in [0.15, 0.2) is 29.2 Å². The number of rotatable bonds is 5. The van der Waals surface area contributed by atoms with Gasteiger partial charge in [-0.25, -0.2) is 8.42 Å². The summed E-state index contributed by atoms with van der Waals surface area (Å²) >= 11 is 0. The topological polar surface area (TPSA) is 57.6 Å². The van der Waals surface area contributed by atoms with Gasteiger partial charge in [-0.2, -0.15) is 4.31 Å². The van der Waals surface area contributed by atoms with Gasteiger partial charge in [-0.05, 0) is 37.5 Å². The standard InChI is InChI=1S/C13H19NO3S/c1-3-14(12-6-7-12)18(16,17)13-8-4-11(5-9-13)10(2)15/h4-5,8-10,12,15H,3,6-7H2,1-2H3. The second-order valence-electron chi connectivity index (χ2n) is 4.68. The van der Waals surface area contributed by atoms with Crippen LogP contribution in [0, 0.1) is 0 Å². The van der Waals surface area contributed by atoms with Crippen molar-refractivity contribution in [1.82, 2.24) is 4.31 Å². The van der Waals surface area contributed by atoms with E-state index in [0.717, 1.165) is 18.4 Å². The summed E-state index contributed by atoms with van der Waals surface area (Å²) in [5.74, 6) is 0. The Hall–Kier alpha value is -0.910. The van der Waals surface area contributed by atoms with Crippen molar-refractivity contribution < 1.29 is 13.5 Å². The van der Waals surface area contributed by atoms with E-state index in [9.17, 15) is 13.5 Å². The smallest absolute Gasteiger partial charge is 0.243 e. The SMILES string of the molecule is CCN(C1CC1)S(=O)(=O)c1ccc(C(C)O)cc1. The molecule has 1 saturated carbocycles. The van der Waals surface area contributed by atoms with Gasteiger partial charge in [-0.15, -0.1) is 0 Å². The second kappa shape index (κ2) is 4.99. The molecule has 0 aliphatic heterocycles. The highest BCUT2D eigenvalue weighted by Crippen LogP contribution is 2.31. The van der Waals surface area contributed by atoms with Gasteiger partial charge in [0, 0.05) is 12.6 Å². The molecule has 0 heterocycles. The van der Waals surface area contributed by atoms with E-state index < -0.39 is 16.1 Å². The van der Waals surface area contributed by atoms with Crippen LogP contribution >= 0.6 is 0 Å². The lowest BCUT2D eigenvalue weighted by molar-refractivity contribution is 0.199. The molecule has 0 radical (unpaired) electrons. The molecule has 1 aromatic rings. The summed E-state index contributed by atoms with van der Waals surface area (Å²) in [6.07, 6.45) is 1.34. The van der Waals surface area contributed by atoms with Crippen molar-refractivity contribution in [3.05, 3.63) is 29.8 Å². The fourth-order valence-electron chi connectivity index (χ4n) is 2.04. The van der Waals surface area contributed by atoms with Crippen LogP contribution in [0.4, 0.5) is 0 Å². The average Bonchev–Trinajstić information content (AvgIpc) is 3.14. The second-order valence-corrected chi connectivity index (χ2v) is 6.58. The molecule has 18 heavy (non-hydrogen) atoms. The molecule has 1 atom stereocenters. The van der Waals surface area contributed by atoms with Gasteiger partial charge >= 0.3 is 0 Å². The van der Waals surface area contributed by atoms with Crippen molar-refractivity contribution in [2.75, 3.05) is 6.54 Å². The molecule has 5 heteroatoms. The highest BCUT2D eigenvalue weighted by atomic mass is 32.2. The van der Waals surface area contributed by atoms with Gasteiger partial charge in [-0.3, -0.25) is 0 Å². The lowest BCUT2D eigenvalue weighted by Crippen LogP contribution is -2.32. The molecule has 100 valence electrons. The molecule has 0 saturated heterocycles. The number of sulfonamides is 1. The van der Waals surface area contributed by atoms with E-state index in [4.69, 9.17) is 0 Å². The monoisotopic (exact) mass is 269 g/mol. The lowest BCUT2D eigenvalue weighted by Gasteiger charge is -2.20. The number of nitrogens with zero attached hydrogens (tertiary/aromatic N) is 1. The van der Waals surface area contributed by atoms with Crippen LogP contribution in [0.5, 0.6) is 0 Å². The first kappa shape index (κ1) is 13.5. The average molecular weight is 269 g/mol. The summed E-state index contributed by atoms with van der Waals surface area (Å²) in [6.45, 7) is 4.03. The Bertz CT molecular complexity index is 504. The van der Waals surface area contributed by atoms with E-state index in [1.807, 2.05) is 6.92 Å². The molecule has 1 fully saturated rings. The van der Waals surface area contributed by atoms with Gasteiger partial charge < -0.3 is 5.11 Å². The molecule has 1 N–H and O–H groups in total. The summed E-state index contributed by atoms with van der Waals surface area (Å²) in [5, 5.41) is 9.41. The first-order valence-corrected chi connectivity index (χ1v) is 7.70. The minimum absolute atomic E-state index is 0.177. The van der Waals surface area contributed by atoms with Crippen LogP contribution in [0.2, 0.25) is 0 Å². The molecule has 0 amide bonds. The van der Waals surface area contributed by atoms with Crippen LogP contribution < -0.4 is 0 Å². The summed E-state index contributed by atoms with van der Waals surface area (Å²) in [5.41, 5.74) is 0.725. The Kier molecular flexibility index (Phi) is 3.75. The fraction of sp³-hybridized carbons (Fsp3) is 0.538. The molecule has 4 nitrogen and oxygen atoms in total. The molecular weight excluding hydrogens is 250 g/mol. The van der Waals surface area contributed by atoms with Crippen molar-refractivity contribution in [1.29, 1.82) is 0 Å². The van der Waals surface area contributed by atoms with Gasteiger partial charge in [0.05, 0.1) is 11.0 Å².